The van der Waals surface area contributed by atoms with Gasteiger partial charge in [0.1, 0.15) is 5.78 Å². The van der Waals surface area contributed by atoms with Gasteiger partial charge in [-0.25, -0.2) is 0 Å². The second-order valence-corrected chi connectivity index (χ2v) is 9.45. The highest BCUT2D eigenvalue weighted by Gasteiger charge is 2.76. The van der Waals surface area contributed by atoms with E-state index in [2.05, 4.69) is 34.6 Å². The Hall–Kier alpha value is -0.960. The van der Waals surface area contributed by atoms with Crippen molar-refractivity contribution in [3.05, 3.63) is 11.1 Å². The van der Waals surface area contributed by atoms with E-state index in [-0.39, 0.29) is 45.6 Å². The molecule has 0 unspecified atom stereocenters. The van der Waals surface area contributed by atoms with Crippen molar-refractivity contribution < 1.29 is 14.7 Å². The van der Waals surface area contributed by atoms with Crippen LogP contribution < -0.4 is 0 Å². The third-order valence-corrected chi connectivity index (χ3v) is 8.35. The van der Waals surface area contributed by atoms with Crippen LogP contribution >= 0.6 is 0 Å². The first-order valence-corrected chi connectivity index (χ1v) is 9.03. The number of aliphatic hydroxyl groups is 1. The fraction of sp³-hybridized carbons (Fsp3) is 0.800. The summed E-state index contributed by atoms with van der Waals surface area (Å²) in [4.78, 5) is 25.0. The van der Waals surface area contributed by atoms with Gasteiger partial charge in [0.25, 0.3) is 0 Å². The number of Topliss-reactive ketones (excluding diaryl/α,β-unsaturated/α-hetero) is 2. The molecule has 0 aromatic carbocycles. The van der Waals surface area contributed by atoms with Crippen LogP contribution in [-0.4, -0.2) is 22.8 Å². The van der Waals surface area contributed by atoms with Crippen LogP contribution in [0.4, 0.5) is 0 Å². The normalized spacial score (nSPS) is 51.0. The topological polar surface area (TPSA) is 54.4 Å². The smallest absolute Gasteiger partial charge is 0.160 e. The van der Waals surface area contributed by atoms with E-state index in [1.165, 1.54) is 5.57 Å². The molecule has 3 fully saturated rings. The number of fused-ring (bicyclic) bond motifs is 3. The molecule has 126 valence electrons. The van der Waals surface area contributed by atoms with Gasteiger partial charge in [-0.1, -0.05) is 33.3 Å². The van der Waals surface area contributed by atoms with Crippen molar-refractivity contribution in [1.82, 2.24) is 0 Å². The standard InChI is InChI=1S/C20H28O3/c1-10-6-7-20-11(2)8-12(21)15(18(20,3)4)16(23)17(20)19(5)9-13(22)14(10)19/h11,15-17,23H,6-9H2,1-5H3/t11-,15+,16+,17+,19-,20-/m1/s1. The van der Waals surface area contributed by atoms with Gasteiger partial charge >= 0.3 is 0 Å². The van der Waals surface area contributed by atoms with Crippen molar-refractivity contribution in [1.29, 1.82) is 0 Å². The minimum Gasteiger partial charge on any atom is -0.392 e. The van der Waals surface area contributed by atoms with Crippen molar-refractivity contribution in [3.8, 4) is 0 Å². The van der Waals surface area contributed by atoms with E-state index in [0.29, 0.717) is 12.8 Å². The first-order valence-electron chi connectivity index (χ1n) is 9.03. The van der Waals surface area contributed by atoms with Gasteiger partial charge in [0.05, 0.1) is 6.10 Å². The maximum absolute atomic E-state index is 12.7. The van der Waals surface area contributed by atoms with Gasteiger partial charge in [0.2, 0.25) is 0 Å². The number of hydrogen-bond donors (Lipinski definition) is 1. The Bertz CT molecular complexity index is 658. The Morgan fingerprint density at radius 2 is 1.83 bits per heavy atom. The summed E-state index contributed by atoms with van der Waals surface area (Å²) in [6.07, 6.45) is 2.42. The predicted molar refractivity (Wildman–Crippen MR) is 87.7 cm³/mol. The predicted octanol–water partition coefficient (Wildman–Crippen LogP) is 3.30. The number of carbonyl (C=O) groups is 2. The van der Waals surface area contributed by atoms with Gasteiger partial charge in [-0.15, -0.1) is 0 Å². The maximum Gasteiger partial charge on any atom is 0.160 e. The lowest BCUT2D eigenvalue weighted by molar-refractivity contribution is -0.145. The zero-order valence-electron chi connectivity index (χ0n) is 14.9. The van der Waals surface area contributed by atoms with Crippen LogP contribution in [0.5, 0.6) is 0 Å². The maximum atomic E-state index is 12.7. The molecule has 2 bridgehead atoms. The molecule has 0 amide bonds. The fourth-order valence-corrected chi connectivity index (χ4v) is 7.66. The fourth-order valence-electron chi connectivity index (χ4n) is 7.66. The van der Waals surface area contributed by atoms with E-state index < -0.39 is 6.10 Å². The summed E-state index contributed by atoms with van der Waals surface area (Å²) in [7, 11) is 0. The summed E-state index contributed by atoms with van der Waals surface area (Å²) >= 11 is 0. The first-order chi connectivity index (χ1) is 10.6. The molecule has 0 heterocycles. The van der Waals surface area contributed by atoms with Crippen LogP contribution in [0.25, 0.3) is 0 Å². The average molecular weight is 316 g/mol. The van der Waals surface area contributed by atoms with Gasteiger partial charge in [0.15, 0.2) is 5.78 Å². The lowest BCUT2D eigenvalue weighted by atomic mass is 9.45. The zero-order valence-corrected chi connectivity index (χ0v) is 14.9. The number of ketones is 2. The molecule has 0 aromatic rings. The van der Waals surface area contributed by atoms with Crippen LogP contribution in [0.15, 0.2) is 11.1 Å². The lowest BCUT2D eigenvalue weighted by Crippen LogP contribution is -2.56. The van der Waals surface area contributed by atoms with Crippen molar-refractivity contribution in [3.63, 3.8) is 0 Å². The molecule has 0 aliphatic heterocycles. The molecule has 3 heteroatoms. The minimum absolute atomic E-state index is 0.0293. The number of carbonyl (C=O) groups excluding carboxylic acids is 2. The van der Waals surface area contributed by atoms with Crippen LogP contribution in [0.2, 0.25) is 0 Å². The highest BCUT2D eigenvalue weighted by molar-refractivity contribution is 6.05. The van der Waals surface area contributed by atoms with Gasteiger partial charge in [-0.05, 0) is 36.5 Å². The molecule has 1 N–H and O–H groups in total. The highest BCUT2D eigenvalue weighted by Crippen LogP contribution is 2.76. The highest BCUT2D eigenvalue weighted by atomic mass is 16.3. The molecule has 4 aliphatic rings. The molecular weight excluding hydrogens is 288 g/mol. The van der Waals surface area contributed by atoms with Crippen LogP contribution in [-0.2, 0) is 9.59 Å². The van der Waals surface area contributed by atoms with Gasteiger partial charge in [0, 0.05) is 35.7 Å². The summed E-state index contributed by atoms with van der Waals surface area (Å²) in [5, 5.41) is 11.2. The largest absolute Gasteiger partial charge is 0.392 e. The van der Waals surface area contributed by atoms with Gasteiger partial charge < -0.3 is 5.11 Å². The minimum atomic E-state index is -0.610. The third kappa shape index (κ3) is 1.43. The molecule has 0 aromatic heterocycles. The Morgan fingerprint density at radius 1 is 1.17 bits per heavy atom. The van der Waals surface area contributed by atoms with E-state index in [1.807, 2.05) is 0 Å². The summed E-state index contributed by atoms with van der Waals surface area (Å²) in [6, 6.07) is 0. The summed E-state index contributed by atoms with van der Waals surface area (Å²) in [5.41, 5.74) is 1.69. The second kappa shape index (κ2) is 4.17. The van der Waals surface area contributed by atoms with Crippen molar-refractivity contribution >= 4 is 11.6 Å². The lowest BCUT2D eigenvalue weighted by Gasteiger charge is -2.57. The SMILES string of the molecule is CC1=C2C(=O)C[C@@]2(C)[C@@H]2[C@@H](O)[C@@H]3C(=O)C[C@@H](C)[C@@]2(CC1)C3(C)C. The summed E-state index contributed by atoms with van der Waals surface area (Å²) < 4.78 is 0. The molecular formula is C20H28O3. The van der Waals surface area contributed by atoms with Crippen LogP contribution in [0, 0.1) is 34.0 Å². The molecule has 3 nitrogen and oxygen atoms in total. The van der Waals surface area contributed by atoms with Gasteiger partial charge in [-0.2, -0.15) is 0 Å². The molecule has 0 saturated heterocycles. The molecule has 6 atom stereocenters. The molecule has 4 rings (SSSR count). The monoisotopic (exact) mass is 316 g/mol. The van der Waals surface area contributed by atoms with E-state index in [0.717, 1.165) is 18.4 Å². The molecule has 23 heavy (non-hydrogen) atoms. The van der Waals surface area contributed by atoms with Crippen LogP contribution in [0.1, 0.15) is 60.3 Å². The van der Waals surface area contributed by atoms with Crippen LogP contribution in [0.3, 0.4) is 0 Å². The molecule has 0 radical (unpaired) electrons. The van der Waals surface area contributed by atoms with Crippen molar-refractivity contribution in [2.45, 2.75) is 66.4 Å². The summed E-state index contributed by atoms with van der Waals surface area (Å²) in [6.45, 7) is 10.8. The van der Waals surface area contributed by atoms with E-state index in [1.54, 1.807) is 0 Å². The van der Waals surface area contributed by atoms with E-state index in [9.17, 15) is 14.7 Å². The quantitative estimate of drug-likeness (QED) is 0.746. The molecule has 4 aliphatic carbocycles. The Labute approximate surface area is 138 Å². The zero-order chi connectivity index (χ0) is 16.9. The molecule has 3 saturated carbocycles. The third-order valence-electron chi connectivity index (χ3n) is 8.35. The molecule has 1 spiro atoms. The van der Waals surface area contributed by atoms with E-state index >= 15 is 0 Å². The van der Waals surface area contributed by atoms with Crippen molar-refractivity contribution in [2.24, 2.45) is 34.0 Å². The number of rotatable bonds is 0. The Balaban J connectivity index is 1.98. The van der Waals surface area contributed by atoms with Crippen molar-refractivity contribution in [2.75, 3.05) is 0 Å². The Kier molecular flexibility index (Phi) is 2.82. The number of aliphatic hydroxyl groups excluding tert-OH is 1. The first kappa shape index (κ1) is 15.6. The number of allylic oxidation sites excluding steroid dienone is 2. The second-order valence-electron chi connectivity index (χ2n) is 9.45. The summed E-state index contributed by atoms with van der Waals surface area (Å²) in [5.74, 6) is 0.512. The number of hydrogen-bond acceptors (Lipinski definition) is 3. The van der Waals surface area contributed by atoms with Gasteiger partial charge in [-0.3, -0.25) is 9.59 Å². The average Bonchev–Trinajstić information content (AvgIpc) is 2.46. The van der Waals surface area contributed by atoms with E-state index in [4.69, 9.17) is 0 Å². The Morgan fingerprint density at radius 3 is 2.43 bits per heavy atom.